The number of carbonyl (C=O) groups is 2. The van der Waals surface area contributed by atoms with Gasteiger partial charge >= 0.3 is 5.97 Å². The summed E-state index contributed by atoms with van der Waals surface area (Å²) >= 11 is 0. The quantitative estimate of drug-likeness (QED) is 0.793. The van der Waals surface area contributed by atoms with Crippen LogP contribution in [-0.4, -0.2) is 36.0 Å². The van der Waals surface area contributed by atoms with Gasteiger partial charge in [0, 0.05) is 11.4 Å². The standard InChI is InChI=1S/C16H17NO4/c1-2-20-15(18)10-17(12-7-8-12)16(19)14-9-11-5-3-4-6-13(11)21-14/h3-6,9,12H,2,7-8,10H2,1H3. The molecule has 110 valence electrons. The first kappa shape index (κ1) is 13.7. The Morgan fingerprint density at radius 2 is 2.10 bits per heavy atom. The van der Waals surface area contributed by atoms with Crippen molar-refractivity contribution in [3.8, 4) is 0 Å². The van der Waals surface area contributed by atoms with Crippen LogP contribution >= 0.6 is 0 Å². The number of fused-ring (bicyclic) bond motifs is 1. The summed E-state index contributed by atoms with van der Waals surface area (Å²) in [5.74, 6) is -0.358. The summed E-state index contributed by atoms with van der Waals surface area (Å²) < 4.78 is 10.5. The van der Waals surface area contributed by atoms with Gasteiger partial charge in [-0.05, 0) is 31.9 Å². The molecule has 0 N–H and O–H groups in total. The number of amides is 1. The molecule has 1 aromatic carbocycles. The average Bonchev–Trinajstić information content (AvgIpc) is 3.22. The molecule has 0 spiro atoms. The van der Waals surface area contributed by atoms with E-state index in [0.29, 0.717) is 12.2 Å². The molecule has 21 heavy (non-hydrogen) atoms. The Kier molecular flexibility index (Phi) is 3.64. The van der Waals surface area contributed by atoms with Crippen LogP contribution in [0.2, 0.25) is 0 Å². The van der Waals surface area contributed by atoms with Crippen molar-refractivity contribution in [2.75, 3.05) is 13.2 Å². The van der Waals surface area contributed by atoms with Crippen LogP contribution in [0.4, 0.5) is 0 Å². The molecule has 1 aromatic heterocycles. The summed E-state index contributed by atoms with van der Waals surface area (Å²) in [7, 11) is 0. The Morgan fingerprint density at radius 1 is 1.33 bits per heavy atom. The lowest BCUT2D eigenvalue weighted by molar-refractivity contribution is -0.144. The highest BCUT2D eigenvalue weighted by Gasteiger charge is 2.35. The first-order valence-corrected chi connectivity index (χ1v) is 7.14. The first-order chi connectivity index (χ1) is 10.2. The Balaban J connectivity index is 1.81. The van der Waals surface area contributed by atoms with Crippen LogP contribution in [0.5, 0.6) is 0 Å². The lowest BCUT2D eigenvalue weighted by atomic mass is 10.2. The lowest BCUT2D eigenvalue weighted by Gasteiger charge is -2.19. The third kappa shape index (κ3) is 2.91. The van der Waals surface area contributed by atoms with Gasteiger partial charge in [0.1, 0.15) is 12.1 Å². The van der Waals surface area contributed by atoms with Crippen LogP contribution in [0, 0.1) is 0 Å². The summed E-state index contributed by atoms with van der Waals surface area (Å²) in [6, 6.07) is 9.30. The fourth-order valence-electron chi connectivity index (χ4n) is 2.33. The maximum atomic E-state index is 12.6. The van der Waals surface area contributed by atoms with Crippen molar-refractivity contribution in [3.63, 3.8) is 0 Å². The van der Waals surface area contributed by atoms with Gasteiger partial charge in [-0.15, -0.1) is 0 Å². The number of furan rings is 1. The van der Waals surface area contributed by atoms with Crippen molar-refractivity contribution in [3.05, 3.63) is 36.1 Å². The minimum atomic E-state index is -0.381. The average molecular weight is 287 g/mol. The number of benzene rings is 1. The largest absolute Gasteiger partial charge is 0.465 e. The molecule has 3 rings (SSSR count). The lowest BCUT2D eigenvalue weighted by Crippen LogP contribution is -2.38. The second-order valence-electron chi connectivity index (χ2n) is 5.12. The van der Waals surface area contributed by atoms with Crippen LogP contribution in [0.3, 0.4) is 0 Å². The minimum absolute atomic E-state index is 0.0195. The summed E-state index contributed by atoms with van der Waals surface area (Å²) in [6.45, 7) is 2.05. The Hall–Kier alpha value is -2.30. The number of para-hydroxylation sites is 1. The van der Waals surface area contributed by atoms with Gasteiger partial charge in [0.15, 0.2) is 5.76 Å². The monoisotopic (exact) mass is 287 g/mol. The van der Waals surface area contributed by atoms with Crippen LogP contribution in [-0.2, 0) is 9.53 Å². The summed E-state index contributed by atoms with van der Waals surface area (Å²) in [4.78, 5) is 25.8. The molecular weight excluding hydrogens is 270 g/mol. The number of carbonyl (C=O) groups excluding carboxylic acids is 2. The second kappa shape index (κ2) is 5.60. The minimum Gasteiger partial charge on any atom is -0.465 e. The molecular formula is C16H17NO4. The van der Waals surface area contributed by atoms with Gasteiger partial charge in [-0.3, -0.25) is 9.59 Å². The van der Waals surface area contributed by atoms with Gasteiger partial charge in [-0.2, -0.15) is 0 Å². The van der Waals surface area contributed by atoms with Gasteiger partial charge in [0.05, 0.1) is 6.61 Å². The predicted octanol–water partition coefficient (Wildman–Crippen LogP) is 2.60. The van der Waals surface area contributed by atoms with Gasteiger partial charge < -0.3 is 14.1 Å². The van der Waals surface area contributed by atoms with Crippen molar-refractivity contribution in [1.82, 2.24) is 4.90 Å². The number of nitrogens with zero attached hydrogens (tertiary/aromatic N) is 1. The van der Waals surface area contributed by atoms with Gasteiger partial charge in [0.25, 0.3) is 5.91 Å². The predicted molar refractivity (Wildman–Crippen MR) is 76.9 cm³/mol. The molecule has 2 aromatic rings. The summed E-state index contributed by atoms with van der Waals surface area (Å²) in [6.07, 6.45) is 1.84. The van der Waals surface area contributed by atoms with E-state index in [9.17, 15) is 9.59 Å². The molecule has 1 aliphatic carbocycles. The molecule has 1 saturated carbocycles. The molecule has 0 atom stereocenters. The van der Waals surface area contributed by atoms with E-state index in [2.05, 4.69) is 0 Å². The molecule has 1 aliphatic rings. The molecule has 0 saturated heterocycles. The van der Waals surface area contributed by atoms with E-state index in [4.69, 9.17) is 9.15 Å². The molecule has 1 fully saturated rings. The molecule has 0 unspecified atom stereocenters. The van der Waals surface area contributed by atoms with Crippen LogP contribution < -0.4 is 0 Å². The van der Waals surface area contributed by atoms with Crippen molar-refractivity contribution in [2.24, 2.45) is 0 Å². The molecule has 1 heterocycles. The Labute approximate surface area is 122 Å². The van der Waals surface area contributed by atoms with E-state index in [-0.39, 0.29) is 30.2 Å². The molecule has 5 heteroatoms. The molecule has 1 amide bonds. The van der Waals surface area contributed by atoms with Crippen molar-refractivity contribution < 1.29 is 18.7 Å². The van der Waals surface area contributed by atoms with Crippen molar-refractivity contribution >= 4 is 22.8 Å². The molecule has 0 aliphatic heterocycles. The SMILES string of the molecule is CCOC(=O)CN(C(=O)c1cc2ccccc2o1)C1CC1. The number of esters is 1. The second-order valence-corrected chi connectivity index (χ2v) is 5.12. The number of hydrogen-bond acceptors (Lipinski definition) is 4. The smallest absolute Gasteiger partial charge is 0.325 e. The van der Waals surface area contributed by atoms with Gasteiger partial charge in [-0.25, -0.2) is 0 Å². The van der Waals surface area contributed by atoms with E-state index in [1.165, 1.54) is 0 Å². The number of hydrogen-bond donors (Lipinski definition) is 0. The van der Waals surface area contributed by atoms with Crippen molar-refractivity contribution in [1.29, 1.82) is 0 Å². The zero-order chi connectivity index (χ0) is 14.8. The molecule has 5 nitrogen and oxygen atoms in total. The maximum absolute atomic E-state index is 12.6. The zero-order valence-corrected chi connectivity index (χ0v) is 11.9. The number of ether oxygens (including phenoxy) is 1. The highest BCUT2D eigenvalue weighted by atomic mass is 16.5. The van der Waals surface area contributed by atoms with E-state index >= 15 is 0 Å². The fraction of sp³-hybridized carbons (Fsp3) is 0.375. The van der Waals surface area contributed by atoms with Gasteiger partial charge in [0.2, 0.25) is 0 Å². The summed E-state index contributed by atoms with van der Waals surface area (Å²) in [5, 5.41) is 0.882. The first-order valence-electron chi connectivity index (χ1n) is 7.14. The molecule has 0 radical (unpaired) electrons. The van der Waals surface area contributed by atoms with Gasteiger partial charge in [-0.1, -0.05) is 18.2 Å². The van der Waals surface area contributed by atoms with Crippen molar-refractivity contribution in [2.45, 2.75) is 25.8 Å². The normalized spacial score (nSPS) is 14.1. The van der Waals surface area contributed by atoms with E-state index in [1.807, 2.05) is 24.3 Å². The highest BCUT2D eigenvalue weighted by Crippen LogP contribution is 2.29. The fourth-order valence-corrected chi connectivity index (χ4v) is 2.33. The van der Waals surface area contributed by atoms with E-state index in [0.717, 1.165) is 18.2 Å². The number of rotatable bonds is 5. The van der Waals surface area contributed by atoms with Crippen LogP contribution in [0.1, 0.15) is 30.3 Å². The molecule has 0 bridgehead atoms. The van der Waals surface area contributed by atoms with Crippen LogP contribution in [0.15, 0.2) is 34.7 Å². The topological polar surface area (TPSA) is 59.8 Å². The third-order valence-electron chi connectivity index (χ3n) is 3.49. The van der Waals surface area contributed by atoms with E-state index in [1.54, 1.807) is 17.9 Å². The maximum Gasteiger partial charge on any atom is 0.325 e. The third-order valence-corrected chi connectivity index (χ3v) is 3.49. The van der Waals surface area contributed by atoms with E-state index < -0.39 is 0 Å². The zero-order valence-electron chi connectivity index (χ0n) is 11.9. The highest BCUT2D eigenvalue weighted by molar-refractivity contribution is 5.97. The Morgan fingerprint density at radius 3 is 2.76 bits per heavy atom. The Bertz CT molecular complexity index is 639. The van der Waals surface area contributed by atoms with Crippen LogP contribution in [0.25, 0.3) is 11.0 Å². The summed E-state index contributed by atoms with van der Waals surface area (Å²) in [5.41, 5.74) is 0.674.